The monoisotopic (exact) mass is 805 g/mol. The molecular formula is C60H39NO2. The number of nitrogens with zero attached hydrogens (tertiary/aromatic N) is 1. The van der Waals surface area contributed by atoms with Gasteiger partial charge in [-0.05, 0) is 116 Å². The number of fused-ring (bicyclic) bond motifs is 6. The van der Waals surface area contributed by atoms with Crippen molar-refractivity contribution in [1.82, 2.24) is 0 Å². The average molecular weight is 806 g/mol. The Bertz CT molecular complexity index is 3620. The van der Waals surface area contributed by atoms with Crippen molar-refractivity contribution >= 4 is 60.9 Å². The fraction of sp³-hybridized carbons (Fsp3) is 0. The van der Waals surface area contributed by atoms with Gasteiger partial charge in [0.25, 0.3) is 0 Å². The fourth-order valence-corrected chi connectivity index (χ4v) is 9.31. The molecule has 3 heteroatoms. The molecule has 12 rings (SSSR count). The molecule has 0 aliphatic heterocycles. The van der Waals surface area contributed by atoms with Gasteiger partial charge < -0.3 is 13.7 Å². The van der Waals surface area contributed by atoms with Crippen molar-refractivity contribution in [2.24, 2.45) is 0 Å². The van der Waals surface area contributed by atoms with Crippen LogP contribution in [-0.2, 0) is 0 Å². The molecule has 12 aromatic rings. The summed E-state index contributed by atoms with van der Waals surface area (Å²) in [5.41, 5.74) is 18.4. The Kier molecular flexibility index (Phi) is 8.83. The smallest absolute Gasteiger partial charge is 0.137 e. The lowest BCUT2D eigenvalue weighted by Gasteiger charge is -2.26. The number of furan rings is 2. The molecule has 0 amide bonds. The van der Waals surface area contributed by atoms with Gasteiger partial charge in [0.05, 0.1) is 0 Å². The molecule has 2 heterocycles. The summed E-state index contributed by atoms with van der Waals surface area (Å²) in [4.78, 5) is 2.31. The van der Waals surface area contributed by atoms with Gasteiger partial charge >= 0.3 is 0 Å². The maximum Gasteiger partial charge on any atom is 0.137 e. The molecule has 0 aliphatic carbocycles. The van der Waals surface area contributed by atoms with Gasteiger partial charge in [0.15, 0.2) is 0 Å². The van der Waals surface area contributed by atoms with E-state index in [9.17, 15) is 0 Å². The van der Waals surface area contributed by atoms with Crippen LogP contribution in [0.4, 0.5) is 17.1 Å². The van der Waals surface area contributed by atoms with E-state index >= 15 is 0 Å². The lowest BCUT2D eigenvalue weighted by molar-refractivity contribution is 0.668. The Hall–Kier alpha value is -8.40. The van der Waals surface area contributed by atoms with E-state index in [0.29, 0.717) is 0 Å². The predicted molar refractivity (Wildman–Crippen MR) is 263 cm³/mol. The second-order valence-electron chi connectivity index (χ2n) is 16.0. The minimum atomic E-state index is 0.854. The molecule has 0 unspecified atom stereocenters. The van der Waals surface area contributed by atoms with Crippen molar-refractivity contribution < 1.29 is 8.83 Å². The normalized spacial score (nSPS) is 11.5. The van der Waals surface area contributed by atoms with Crippen molar-refractivity contribution in [1.29, 1.82) is 0 Å². The van der Waals surface area contributed by atoms with Crippen molar-refractivity contribution in [2.75, 3.05) is 4.90 Å². The van der Waals surface area contributed by atoms with E-state index in [1.165, 1.54) is 38.9 Å². The highest BCUT2D eigenvalue weighted by Crippen LogP contribution is 2.44. The predicted octanol–water partition coefficient (Wildman–Crippen LogP) is 17.3. The first-order valence-corrected chi connectivity index (χ1v) is 21.4. The van der Waals surface area contributed by atoms with E-state index in [1.54, 1.807) is 0 Å². The van der Waals surface area contributed by atoms with Crippen LogP contribution in [0.3, 0.4) is 0 Å². The first kappa shape index (κ1) is 36.5. The average Bonchev–Trinajstić information content (AvgIpc) is 3.92. The molecule has 0 aliphatic rings. The van der Waals surface area contributed by atoms with E-state index < -0.39 is 0 Å². The van der Waals surface area contributed by atoms with Crippen LogP contribution in [0.25, 0.3) is 99.5 Å². The summed E-state index contributed by atoms with van der Waals surface area (Å²) < 4.78 is 12.7. The van der Waals surface area contributed by atoms with Crippen LogP contribution in [0.2, 0.25) is 0 Å². The number of benzene rings is 10. The zero-order valence-electron chi connectivity index (χ0n) is 34.3. The van der Waals surface area contributed by atoms with Gasteiger partial charge in [-0.2, -0.15) is 0 Å². The van der Waals surface area contributed by atoms with E-state index in [2.05, 4.69) is 217 Å². The van der Waals surface area contributed by atoms with Gasteiger partial charge in [0.1, 0.15) is 22.3 Å². The lowest BCUT2D eigenvalue weighted by Crippen LogP contribution is -2.09. The molecule has 0 saturated heterocycles. The van der Waals surface area contributed by atoms with Crippen LogP contribution < -0.4 is 4.90 Å². The molecular weight excluding hydrogens is 767 g/mol. The molecule has 3 nitrogen and oxygen atoms in total. The number of anilines is 3. The summed E-state index contributed by atoms with van der Waals surface area (Å²) in [6, 6.07) is 84.2. The minimum absolute atomic E-state index is 0.854. The molecule has 0 fully saturated rings. The lowest BCUT2D eigenvalue weighted by atomic mass is 9.87. The Balaban J connectivity index is 0.938. The van der Waals surface area contributed by atoms with E-state index in [0.717, 1.165) is 77.6 Å². The van der Waals surface area contributed by atoms with E-state index in [4.69, 9.17) is 8.83 Å². The highest BCUT2D eigenvalue weighted by atomic mass is 16.3. The fourth-order valence-electron chi connectivity index (χ4n) is 9.31. The van der Waals surface area contributed by atoms with Crippen LogP contribution >= 0.6 is 0 Å². The van der Waals surface area contributed by atoms with Gasteiger partial charge in [0, 0.05) is 44.7 Å². The van der Waals surface area contributed by atoms with Gasteiger partial charge in [-0.25, -0.2) is 0 Å². The van der Waals surface area contributed by atoms with Crippen LogP contribution in [0, 0.1) is 0 Å². The Morgan fingerprint density at radius 3 is 1.14 bits per heavy atom. The molecule has 0 radical (unpaired) electrons. The summed E-state index contributed by atoms with van der Waals surface area (Å²) in [6.45, 7) is 0. The number of para-hydroxylation sites is 2. The quantitative estimate of drug-likeness (QED) is 0.153. The largest absolute Gasteiger partial charge is 0.456 e. The third-order valence-corrected chi connectivity index (χ3v) is 12.3. The zero-order valence-corrected chi connectivity index (χ0v) is 34.3. The van der Waals surface area contributed by atoms with Crippen LogP contribution in [0.15, 0.2) is 245 Å². The Morgan fingerprint density at radius 2 is 0.587 bits per heavy atom. The molecule has 0 spiro atoms. The maximum absolute atomic E-state index is 6.42. The van der Waals surface area contributed by atoms with Crippen LogP contribution in [-0.4, -0.2) is 0 Å². The number of hydrogen-bond donors (Lipinski definition) is 0. The molecule has 0 N–H and O–H groups in total. The summed E-state index contributed by atoms with van der Waals surface area (Å²) in [5, 5.41) is 4.48. The second-order valence-corrected chi connectivity index (χ2v) is 16.0. The SMILES string of the molecule is c1ccc(-c2ccccc2-c2ccccc2-c2ccccc2-c2ccc(N(c3ccc(-c4ccc5c(c4)oc4ccccc45)cc3)c3ccc4c(c3)oc3ccccc34)cc2)cc1. The molecule has 296 valence electrons. The van der Waals surface area contributed by atoms with Crippen LogP contribution in [0.5, 0.6) is 0 Å². The molecule has 2 aromatic heterocycles. The van der Waals surface area contributed by atoms with Gasteiger partial charge in [-0.1, -0.05) is 170 Å². The van der Waals surface area contributed by atoms with Gasteiger partial charge in [-0.15, -0.1) is 0 Å². The Labute approximate surface area is 365 Å². The van der Waals surface area contributed by atoms with Gasteiger partial charge in [-0.3, -0.25) is 0 Å². The molecule has 0 atom stereocenters. The van der Waals surface area contributed by atoms with E-state index in [1.807, 2.05) is 24.3 Å². The first-order valence-electron chi connectivity index (χ1n) is 21.4. The van der Waals surface area contributed by atoms with Gasteiger partial charge in [0.2, 0.25) is 0 Å². The molecule has 0 saturated carbocycles. The molecule has 0 bridgehead atoms. The second kappa shape index (κ2) is 15.3. The zero-order chi connectivity index (χ0) is 41.7. The number of hydrogen-bond acceptors (Lipinski definition) is 3. The number of rotatable bonds is 8. The van der Waals surface area contributed by atoms with Crippen molar-refractivity contribution in [3.63, 3.8) is 0 Å². The van der Waals surface area contributed by atoms with Crippen molar-refractivity contribution in [3.8, 4) is 55.6 Å². The third-order valence-electron chi connectivity index (χ3n) is 12.3. The highest BCUT2D eigenvalue weighted by molar-refractivity contribution is 6.07. The Morgan fingerprint density at radius 1 is 0.222 bits per heavy atom. The first-order chi connectivity index (χ1) is 31.2. The maximum atomic E-state index is 6.42. The summed E-state index contributed by atoms with van der Waals surface area (Å²) in [7, 11) is 0. The summed E-state index contributed by atoms with van der Waals surface area (Å²) in [5.74, 6) is 0. The molecule has 63 heavy (non-hydrogen) atoms. The standard InChI is InChI=1S/C60H39NO2/c1-2-14-41(15-3-1)47-16-4-6-18-49(47)51-20-8-9-21-52(51)50-19-7-5-17-48(50)42-28-33-45(34-29-42)61(46-35-37-56-54-23-11-13-25-58(54)63-60(56)39-46)44-31-26-40(27-32-44)43-30-36-55-53-22-10-12-24-57(53)62-59(55)38-43/h1-39H. The van der Waals surface area contributed by atoms with Crippen molar-refractivity contribution in [3.05, 3.63) is 237 Å². The van der Waals surface area contributed by atoms with Crippen LogP contribution in [0.1, 0.15) is 0 Å². The minimum Gasteiger partial charge on any atom is -0.456 e. The summed E-state index contributed by atoms with van der Waals surface area (Å²) >= 11 is 0. The van der Waals surface area contributed by atoms with E-state index in [-0.39, 0.29) is 0 Å². The summed E-state index contributed by atoms with van der Waals surface area (Å²) in [6.07, 6.45) is 0. The topological polar surface area (TPSA) is 29.5 Å². The third kappa shape index (κ3) is 6.46. The molecule has 10 aromatic carbocycles. The highest BCUT2D eigenvalue weighted by Gasteiger charge is 2.19. The van der Waals surface area contributed by atoms with Crippen molar-refractivity contribution in [2.45, 2.75) is 0 Å².